The van der Waals surface area contributed by atoms with E-state index in [1.807, 2.05) is 46.1 Å². The molecule has 2 N–H and O–H groups in total. The largest absolute Gasteiger partial charge is 0.391 e. The van der Waals surface area contributed by atoms with Crippen molar-refractivity contribution in [1.29, 1.82) is 0 Å². The topological polar surface area (TPSA) is 87.5 Å². The van der Waals surface area contributed by atoms with Crippen LogP contribution < -0.4 is 5.32 Å². The standard InChI is InChI=1S/C21H26N4O3S/c1-14(26)23-17-5-2-3-6-20(17)29-13-21(28)24-11-15-9-18(25-8-4-7-22-25)19(27)10-16(15)12-24/h2-8,15-16,18-19,27H,9-13H2,1H3,(H,23,26)/t15-,16+,18-,19-/m1/s1. The van der Waals surface area contributed by atoms with Crippen LogP contribution in [0.5, 0.6) is 0 Å². The number of anilines is 1. The molecular weight excluding hydrogens is 388 g/mol. The Morgan fingerprint density at radius 2 is 1.97 bits per heavy atom. The Balaban J connectivity index is 1.35. The Bertz CT molecular complexity index is 873. The summed E-state index contributed by atoms with van der Waals surface area (Å²) in [4.78, 5) is 27.0. The second-order valence-corrected chi connectivity index (χ2v) is 8.89. The molecule has 2 aliphatic rings. The first-order valence-electron chi connectivity index (χ1n) is 9.95. The molecule has 1 saturated heterocycles. The van der Waals surface area contributed by atoms with Gasteiger partial charge in [-0.25, -0.2) is 0 Å². The van der Waals surface area contributed by atoms with Crippen molar-refractivity contribution in [3.63, 3.8) is 0 Å². The van der Waals surface area contributed by atoms with Gasteiger partial charge in [-0.3, -0.25) is 14.3 Å². The minimum Gasteiger partial charge on any atom is -0.391 e. The molecule has 4 atom stereocenters. The SMILES string of the molecule is CC(=O)Nc1ccccc1SCC(=O)N1C[C@H]2C[C@@H](n3cccn3)[C@H](O)C[C@H]2C1. The summed E-state index contributed by atoms with van der Waals surface area (Å²) in [6.07, 6.45) is 4.76. The normalized spacial score (nSPS) is 26.2. The number of likely N-dealkylation sites (tertiary alicyclic amines) is 1. The highest BCUT2D eigenvalue weighted by atomic mass is 32.2. The zero-order valence-corrected chi connectivity index (χ0v) is 17.2. The summed E-state index contributed by atoms with van der Waals surface area (Å²) in [6, 6.07) is 9.38. The van der Waals surface area contributed by atoms with Gasteiger partial charge in [-0.2, -0.15) is 5.10 Å². The van der Waals surface area contributed by atoms with E-state index < -0.39 is 6.10 Å². The van der Waals surface area contributed by atoms with Gasteiger partial charge in [0.2, 0.25) is 11.8 Å². The van der Waals surface area contributed by atoms with Crippen LogP contribution in [0.3, 0.4) is 0 Å². The predicted molar refractivity (Wildman–Crippen MR) is 112 cm³/mol. The second kappa shape index (κ2) is 8.59. The third-order valence-corrected chi connectivity index (χ3v) is 6.93. The molecule has 0 unspecified atom stereocenters. The summed E-state index contributed by atoms with van der Waals surface area (Å²) < 4.78 is 1.85. The third-order valence-electron chi connectivity index (χ3n) is 5.88. The molecule has 1 saturated carbocycles. The van der Waals surface area contributed by atoms with Crippen LogP contribution in [0.2, 0.25) is 0 Å². The number of aliphatic hydroxyl groups excluding tert-OH is 1. The number of carbonyl (C=O) groups excluding carboxylic acids is 2. The number of rotatable bonds is 5. The van der Waals surface area contributed by atoms with E-state index in [1.54, 1.807) is 6.20 Å². The highest BCUT2D eigenvalue weighted by molar-refractivity contribution is 8.00. The maximum absolute atomic E-state index is 12.8. The van der Waals surface area contributed by atoms with E-state index in [-0.39, 0.29) is 17.9 Å². The summed E-state index contributed by atoms with van der Waals surface area (Å²) in [5.41, 5.74) is 0.734. The van der Waals surface area contributed by atoms with Crippen molar-refractivity contribution in [2.75, 3.05) is 24.2 Å². The monoisotopic (exact) mass is 414 g/mol. The molecule has 2 aromatic rings. The fourth-order valence-corrected chi connectivity index (χ4v) is 5.40. The Morgan fingerprint density at radius 3 is 2.69 bits per heavy atom. The van der Waals surface area contributed by atoms with Crippen LogP contribution in [0.15, 0.2) is 47.6 Å². The van der Waals surface area contributed by atoms with Crippen molar-refractivity contribution in [3.8, 4) is 0 Å². The van der Waals surface area contributed by atoms with E-state index in [2.05, 4.69) is 10.4 Å². The molecule has 2 fully saturated rings. The lowest BCUT2D eigenvalue weighted by Gasteiger charge is -2.35. The fraction of sp³-hybridized carbons (Fsp3) is 0.476. The van der Waals surface area contributed by atoms with E-state index in [4.69, 9.17) is 0 Å². The van der Waals surface area contributed by atoms with Crippen molar-refractivity contribution in [1.82, 2.24) is 14.7 Å². The zero-order valence-electron chi connectivity index (χ0n) is 16.4. The maximum atomic E-state index is 12.8. The molecule has 1 aliphatic carbocycles. The van der Waals surface area contributed by atoms with E-state index in [0.29, 0.717) is 30.6 Å². The number of aromatic nitrogens is 2. The van der Waals surface area contributed by atoms with Crippen LogP contribution in [-0.2, 0) is 9.59 Å². The van der Waals surface area contributed by atoms with Crippen molar-refractivity contribution in [3.05, 3.63) is 42.7 Å². The molecule has 1 aromatic heterocycles. The minimum atomic E-state index is -0.426. The molecule has 8 heteroatoms. The second-order valence-electron chi connectivity index (χ2n) is 7.88. The lowest BCUT2D eigenvalue weighted by Crippen LogP contribution is -2.36. The Hall–Kier alpha value is -2.32. The van der Waals surface area contributed by atoms with Gasteiger partial charge in [-0.15, -0.1) is 11.8 Å². The van der Waals surface area contributed by atoms with E-state index >= 15 is 0 Å². The molecule has 29 heavy (non-hydrogen) atoms. The van der Waals surface area contributed by atoms with Gasteiger partial charge < -0.3 is 15.3 Å². The lowest BCUT2D eigenvalue weighted by atomic mass is 9.77. The molecule has 7 nitrogen and oxygen atoms in total. The number of aliphatic hydroxyl groups is 1. The van der Waals surface area contributed by atoms with Crippen LogP contribution in [-0.4, -0.2) is 56.5 Å². The lowest BCUT2D eigenvalue weighted by molar-refractivity contribution is -0.127. The first-order chi connectivity index (χ1) is 14.0. The predicted octanol–water partition coefficient (Wildman–Crippen LogP) is 2.40. The van der Waals surface area contributed by atoms with Gasteiger partial charge in [-0.05, 0) is 42.9 Å². The number of hydrogen-bond donors (Lipinski definition) is 2. The molecule has 2 heterocycles. The van der Waals surface area contributed by atoms with Gasteiger partial charge in [0.25, 0.3) is 0 Å². The van der Waals surface area contributed by atoms with Gasteiger partial charge in [0.15, 0.2) is 0 Å². The molecule has 2 amide bonds. The third kappa shape index (κ3) is 4.48. The quantitative estimate of drug-likeness (QED) is 0.734. The van der Waals surface area contributed by atoms with Gasteiger partial charge in [-0.1, -0.05) is 12.1 Å². The Labute approximate surface area is 174 Å². The van der Waals surface area contributed by atoms with Crippen LogP contribution in [0, 0.1) is 11.8 Å². The number of fused-ring (bicyclic) bond motifs is 1. The molecule has 0 bridgehead atoms. The Morgan fingerprint density at radius 1 is 1.21 bits per heavy atom. The summed E-state index contributed by atoms with van der Waals surface area (Å²) in [5.74, 6) is 1.05. The van der Waals surface area contributed by atoms with E-state index in [1.165, 1.54) is 18.7 Å². The van der Waals surface area contributed by atoms with Crippen molar-refractivity contribution in [2.45, 2.75) is 36.8 Å². The molecule has 1 aromatic carbocycles. The maximum Gasteiger partial charge on any atom is 0.232 e. The molecule has 154 valence electrons. The molecular formula is C21H26N4O3S. The van der Waals surface area contributed by atoms with Gasteiger partial charge in [0.05, 0.1) is 23.6 Å². The van der Waals surface area contributed by atoms with Crippen molar-refractivity contribution >= 4 is 29.3 Å². The molecule has 1 aliphatic heterocycles. The molecule has 0 spiro atoms. The summed E-state index contributed by atoms with van der Waals surface area (Å²) >= 11 is 1.45. The average molecular weight is 415 g/mol. The van der Waals surface area contributed by atoms with Crippen LogP contribution >= 0.6 is 11.8 Å². The number of nitrogens with zero attached hydrogens (tertiary/aromatic N) is 3. The average Bonchev–Trinajstić information content (AvgIpc) is 3.35. The first kappa shape index (κ1) is 20.0. The fourth-order valence-electron chi connectivity index (χ4n) is 4.49. The van der Waals surface area contributed by atoms with Gasteiger partial charge >= 0.3 is 0 Å². The smallest absolute Gasteiger partial charge is 0.232 e. The van der Waals surface area contributed by atoms with Crippen molar-refractivity contribution in [2.24, 2.45) is 11.8 Å². The van der Waals surface area contributed by atoms with Crippen LogP contribution in [0.1, 0.15) is 25.8 Å². The number of carbonyl (C=O) groups is 2. The number of thioether (sulfide) groups is 1. The van der Waals surface area contributed by atoms with E-state index in [9.17, 15) is 14.7 Å². The van der Waals surface area contributed by atoms with Crippen LogP contribution in [0.4, 0.5) is 5.69 Å². The van der Waals surface area contributed by atoms with Crippen molar-refractivity contribution < 1.29 is 14.7 Å². The highest BCUT2D eigenvalue weighted by Gasteiger charge is 2.43. The number of benzene rings is 1. The summed E-state index contributed by atoms with van der Waals surface area (Å²) in [6.45, 7) is 2.92. The van der Waals surface area contributed by atoms with Crippen LogP contribution in [0.25, 0.3) is 0 Å². The van der Waals surface area contributed by atoms with E-state index in [0.717, 1.165) is 23.5 Å². The Kier molecular flexibility index (Phi) is 5.91. The first-order valence-corrected chi connectivity index (χ1v) is 10.9. The number of amides is 2. The molecule has 4 rings (SSSR count). The summed E-state index contributed by atoms with van der Waals surface area (Å²) in [5, 5.41) is 17.7. The minimum absolute atomic E-state index is 0.0137. The summed E-state index contributed by atoms with van der Waals surface area (Å²) in [7, 11) is 0. The molecule has 0 radical (unpaired) electrons. The highest BCUT2D eigenvalue weighted by Crippen LogP contribution is 2.41. The number of para-hydroxylation sites is 1. The van der Waals surface area contributed by atoms with Gasteiger partial charge in [0.1, 0.15) is 0 Å². The van der Waals surface area contributed by atoms with Gasteiger partial charge in [0, 0.05) is 37.3 Å². The zero-order chi connectivity index (χ0) is 20.4. The number of hydrogen-bond acceptors (Lipinski definition) is 5. The number of nitrogens with one attached hydrogen (secondary N) is 1.